The van der Waals surface area contributed by atoms with Gasteiger partial charge in [0.2, 0.25) is 0 Å². The Bertz CT molecular complexity index is 192. The Morgan fingerprint density at radius 2 is 1.58 bits per heavy atom. The number of hydrogen-bond donors (Lipinski definition) is 2. The van der Waals surface area contributed by atoms with Gasteiger partial charge in [-0.3, -0.25) is 4.90 Å². The summed E-state index contributed by atoms with van der Waals surface area (Å²) in [6.45, 7) is 2.65. The van der Waals surface area contributed by atoms with Gasteiger partial charge >= 0.3 is 41.6 Å². The van der Waals surface area contributed by atoms with Crippen molar-refractivity contribution in [2.45, 2.75) is 19.4 Å². The fourth-order valence-electron chi connectivity index (χ4n) is 0.383. The first-order valence-electron chi connectivity index (χ1n) is 3.00. The molecule has 0 radical (unpaired) electrons. The summed E-state index contributed by atoms with van der Waals surface area (Å²) in [6.07, 6.45) is -1.25. The molecule has 0 aromatic heterocycles. The van der Waals surface area contributed by atoms with Gasteiger partial charge in [0.25, 0.3) is 0 Å². The minimum absolute atomic E-state index is 0. The van der Waals surface area contributed by atoms with Crippen molar-refractivity contribution in [3.05, 3.63) is 0 Å². The van der Waals surface area contributed by atoms with Crippen molar-refractivity contribution in [1.29, 1.82) is 0 Å². The van der Waals surface area contributed by atoms with Crippen molar-refractivity contribution in [3.8, 4) is 0 Å². The second-order valence-electron chi connectivity index (χ2n) is 2.71. The topological polar surface area (TPSA) is 77.8 Å². The van der Waals surface area contributed by atoms with Gasteiger partial charge < -0.3 is 10.2 Å². The first-order valence-corrected chi connectivity index (χ1v) is 3.00. The quantitative estimate of drug-likeness (QED) is 0.584. The molecule has 0 saturated heterocycles. The van der Waals surface area contributed by atoms with E-state index in [2.05, 4.69) is 0 Å². The van der Waals surface area contributed by atoms with Gasteiger partial charge in [0, 0.05) is 7.05 Å². The predicted octanol–water partition coefficient (Wildman–Crippen LogP) is -0.189. The van der Waals surface area contributed by atoms with Crippen molar-refractivity contribution < 1.29 is 19.8 Å². The number of hydrogen-bond acceptors (Lipinski definition) is 2. The maximum atomic E-state index is 10.5. The third-order valence-corrected chi connectivity index (χ3v) is 1.65. The van der Waals surface area contributed by atoms with Crippen LogP contribution in [0.1, 0.15) is 13.8 Å². The molecule has 6 heteroatoms. The molecule has 0 aliphatic rings. The van der Waals surface area contributed by atoms with Crippen molar-refractivity contribution in [1.82, 2.24) is 4.90 Å². The van der Waals surface area contributed by atoms with Crippen LogP contribution in [-0.2, 0) is 4.79 Å². The van der Waals surface area contributed by atoms with Crippen LogP contribution in [-0.4, -0.2) is 69.3 Å². The molecule has 0 unspecified atom stereocenters. The van der Waals surface area contributed by atoms with Crippen LogP contribution in [0, 0.1) is 0 Å². The van der Waals surface area contributed by atoms with Crippen molar-refractivity contribution in [3.63, 3.8) is 0 Å². The molecule has 0 fully saturated rings. The van der Waals surface area contributed by atoms with Crippen molar-refractivity contribution >= 4 is 41.6 Å². The SMILES string of the molecule is CN(C(=O)O)C(C)(C)C(=O)O.[NaH]. The molecular weight excluding hydrogens is 173 g/mol. The average molecular weight is 185 g/mol. The molecule has 0 heterocycles. The molecular formula is C6H12NNaO4. The van der Waals surface area contributed by atoms with Crippen molar-refractivity contribution in [2.24, 2.45) is 0 Å². The molecule has 0 aliphatic carbocycles. The summed E-state index contributed by atoms with van der Waals surface area (Å²) in [6, 6.07) is 0. The van der Waals surface area contributed by atoms with E-state index in [1.165, 1.54) is 20.9 Å². The Hall–Kier alpha value is -0.260. The molecule has 0 rings (SSSR count). The molecule has 0 atom stereocenters. The Balaban J connectivity index is 0. The second kappa shape index (κ2) is 4.69. The van der Waals surface area contributed by atoms with Crippen LogP contribution < -0.4 is 0 Å². The number of nitrogens with zero attached hydrogens (tertiary/aromatic N) is 1. The van der Waals surface area contributed by atoms with E-state index in [0.717, 1.165) is 4.90 Å². The third-order valence-electron chi connectivity index (χ3n) is 1.65. The zero-order chi connectivity index (χ0) is 9.23. The summed E-state index contributed by atoms with van der Waals surface area (Å²) in [5.41, 5.74) is -1.37. The van der Waals surface area contributed by atoms with Gasteiger partial charge in [-0.25, -0.2) is 9.59 Å². The molecule has 2 N–H and O–H groups in total. The van der Waals surface area contributed by atoms with E-state index in [9.17, 15) is 9.59 Å². The zero-order valence-electron chi connectivity index (χ0n) is 6.66. The molecule has 0 saturated carbocycles. The first-order chi connectivity index (χ1) is 4.80. The van der Waals surface area contributed by atoms with Gasteiger partial charge in [-0.05, 0) is 13.8 Å². The van der Waals surface area contributed by atoms with E-state index in [1.54, 1.807) is 0 Å². The van der Waals surface area contributed by atoms with E-state index in [0.29, 0.717) is 0 Å². The van der Waals surface area contributed by atoms with Crippen LogP contribution in [0.15, 0.2) is 0 Å². The van der Waals surface area contributed by atoms with Crippen molar-refractivity contribution in [2.75, 3.05) is 7.05 Å². The Morgan fingerprint density at radius 3 is 1.67 bits per heavy atom. The van der Waals surface area contributed by atoms with E-state index in [-0.39, 0.29) is 29.6 Å². The molecule has 1 amide bonds. The van der Waals surface area contributed by atoms with Gasteiger partial charge in [-0.1, -0.05) is 0 Å². The summed E-state index contributed by atoms with van der Waals surface area (Å²) in [7, 11) is 1.22. The zero-order valence-corrected chi connectivity index (χ0v) is 6.66. The number of carbonyl (C=O) groups is 2. The van der Waals surface area contributed by atoms with Gasteiger partial charge in [-0.2, -0.15) is 0 Å². The summed E-state index contributed by atoms with van der Waals surface area (Å²) in [5.74, 6) is -1.16. The predicted molar refractivity (Wildman–Crippen MR) is 44.7 cm³/mol. The van der Waals surface area contributed by atoms with Crippen LogP contribution in [0.2, 0.25) is 0 Å². The van der Waals surface area contributed by atoms with E-state index in [4.69, 9.17) is 10.2 Å². The Kier molecular flexibility index (Phi) is 5.58. The number of likely N-dealkylation sites (N-methyl/N-ethyl adjacent to an activating group) is 1. The van der Waals surface area contributed by atoms with Crippen LogP contribution in [0.3, 0.4) is 0 Å². The summed E-state index contributed by atoms with van der Waals surface area (Å²) in [5, 5.41) is 17.0. The monoisotopic (exact) mass is 185 g/mol. The fraction of sp³-hybridized carbons (Fsp3) is 0.667. The van der Waals surface area contributed by atoms with E-state index < -0.39 is 17.6 Å². The average Bonchev–Trinajstić information content (AvgIpc) is 1.85. The molecule has 5 nitrogen and oxygen atoms in total. The Morgan fingerprint density at radius 1 is 1.25 bits per heavy atom. The summed E-state index contributed by atoms with van der Waals surface area (Å²) in [4.78, 5) is 21.5. The summed E-state index contributed by atoms with van der Waals surface area (Å²) >= 11 is 0. The molecule has 0 bridgehead atoms. The second-order valence-corrected chi connectivity index (χ2v) is 2.71. The van der Waals surface area contributed by atoms with Gasteiger partial charge in [-0.15, -0.1) is 0 Å². The standard InChI is InChI=1S/C6H11NO4.Na.H/c1-6(2,4(8)9)7(3)5(10)11;;/h1-3H3,(H,8,9)(H,10,11);;. The molecule has 0 spiro atoms. The summed E-state index contributed by atoms with van der Waals surface area (Å²) < 4.78 is 0. The molecule has 0 aromatic carbocycles. The number of amides is 1. The Labute approximate surface area is 92.6 Å². The number of aliphatic carboxylic acids is 1. The number of rotatable bonds is 2. The maximum absolute atomic E-state index is 10.5. The van der Waals surface area contributed by atoms with Gasteiger partial charge in [0.05, 0.1) is 0 Å². The van der Waals surface area contributed by atoms with Gasteiger partial charge in [0.1, 0.15) is 5.54 Å². The molecule has 0 aliphatic heterocycles. The molecule has 66 valence electrons. The van der Waals surface area contributed by atoms with Crippen LogP contribution in [0.25, 0.3) is 0 Å². The van der Waals surface area contributed by atoms with Gasteiger partial charge in [0.15, 0.2) is 0 Å². The number of carboxylic acid groups (broad SMARTS) is 2. The van der Waals surface area contributed by atoms with Crippen LogP contribution >= 0.6 is 0 Å². The first kappa shape index (κ1) is 14.3. The fourth-order valence-corrected chi connectivity index (χ4v) is 0.383. The molecule has 0 aromatic rings. The van der Waals surface area contributed by atoms with Crippen LogP contribution in [0.5, 0.6) is 0 Å². The van der Waals surface area contributed by atoms with E-state index in [1.807, 2.05) is 0 Å². The number of carboxylic acids is 1. The minimum atomic E-state index is -1.37. The molecule has 12 heavy (non-hydrogen) atoms. The van der Waals surface area contributed by atoms with Crippen LogP contribution in [0.4, 0.5) is 4.79 Å². The van der Waals surface area contributed by atoms with E-state index >= 15 is 0 Å². The normalized spacial score (nSPS) is 9.92. The third kappa shape index (κ3) is 3.00.